The van der Waals surface area contributed by atoms with Crippen molar-refractivity contribution in [2.24, 2.45) is 29.6 Å². The van der Waals surface area contributed by atoms with E-state index < -0.39 is 42.3 Å². The van der Waals surface area contributed by atoms with E-state index in [0.29, 0.717) is 6.42 Å². The van der Waals surface area contributed by atoms with Crippen LogP contribution in [0, 0.1) is 29.6 Å². The van der Waals surface area contributed by atoms with Crippen LogP contribution >= 0.6 is 0 Å². The first-order valence-electron chi connectivity index (χ1n) is 12.9. The summed E-state index contributed by atoms with van der Waals surface area (Å²) in [5, 5.41) is 0. The molecule has 3 rings (SSSR count). The Labute approximate surface area is 213 Å². The van der Waals surface area contributed by atoms with Crippen molar-refractivity contribution in [3.63, 3.8) is 0 Å². The third-order valence-corrected chi connectivity index (χ3v) is 8.40. The van der Waals surface area contributed by atoms with Gasteiger partial charge >= 0.3 is 17.9 Å². The van der Waals surface area contributed by atoms with Crippen LogP contribution in [-0.4, -0.2) is 75.2 Å². The fourth-order valence-corrected chi connectivity index (χ4v) is 5.61. The average molecular weight is 515 g/mol. The third-order valence-electron chi connectivity index (χ3n) is 8.40. The lowest BCUT2D eigenvalue weighted by atomic mass is 9.79. The van der Waals surface area contributed by atoms with Crippen molar-refractivity contribution in [1.82, 2.24) is 0 Å². The minimum absolute atomic E-state index is 0.0271. The molecule has 36 heavy (non-hydrogen) atoms. The second-order valence-corrected chi connectivity index (χ2v) is 10.6. The van der Waals surface area contributed by atoms with Gasteiger partial charge in [-0.3, -0.25) is 9.59 Å². The van der Waals surface area contributed by atoms with Gasteiger partial charge < -0.3 is 33.2 Å². The highest BCUT2D eigenvalue weighted by Gasteiger charge is 2.60. The van der Waals surface area contributed by atoms with Gasteiger partial charge in [-0.1, -0.05) is 34.6 Å². The topological polar surface area (TPSA) is 116 Å². The largest absolute Gasteiger partial charge is 0.465 e. The Balaban J connectivity index is 1.92. The Hall–Kier alpha value is -1.75. The Morgan fingerprint density at radius 3 is 2.42 bits per heavy atom. The van der Waals surface area contributed by atoms with Crippen molar-refractivity contribution in [3.8, 4) is 0 Å². The van der Waals surface area contributed by atoms with Crippen molar-refractivity contribution < 1.29 is 47.5 Å². The molecule has 0 radical (unpaired) electrons. The molecule has 3 saturated heterocycles. The van der Waals surface area contributed by atoms with Gasteiger partial charge in [-0.05, 0) is 24.2 Å². The van der Waals surface area contributed by atoms with Crippen LogP contribution < -0.4 is 0 Å². The lowest BCUT2D eigenvalue weighted by Crippen LogP contribution is -2.61. The molecule has 0 amide bonds. The van der Waals surface area contributed by atoms with Gasteiger partial charge in [-0.15, -0.1) is 0 Å². The number of hydrogen-bond donors (Lipinski definition) is 0. The van der Waals surface area contributed by atoms with Gasteiger partial charge in [0.05, 0.1) is 32.7 Å². The second kappa shape index (κ2) is 11.8. The smallest absolute Gasteiger partial charge is 0.366 e. The van der Waals surface area contributed by atoms with Gasteiger partial charge in [0.2, 0.25) is 0 Å². The molecule has 0 spiro atoms. The quantitative estimate of drug-likeness (QED) is 0.336. The van der Waals surface area contributed by atoms with E-state index >= 15 is 0 Å². The minimum Gasteiger partial charge on any atom is -0.465 e. The molecule has 206 valence electrons. The zero-order chi connectivity index (χ0) is 26.8. The SMILES string of the molecule is CC[C@@H](C)[C@@H](OC(C)=O)C1OC(OCC2O[C@@H](OC)C(C)[C@@H](C)[C@H]2C)(C(=O)OC)C[C@H]2OC(=O)C[C@@H]12. The van der Waals surface area contributed by atoms with E-state index in [4.69, 9.17) is 33.2 Å². The molecule has 3 aliphatic rings. The van der Waals surface area contributed by atoms with Gasteiger partial charge in [-0.25, -0.2) is 4.79 Å². The van der Waals surface area contributed by atoms with Crippen LogP contribution in [0.15, 0.2) is 0 Å². The number of esters is 3. The summed E-state index contributed by atoms with van der Waals surface area (Å²) < 4.78 is 40.7. The Kier molecular flexibility index (Phi) is 9.41. The van der Waals surface area contributed by atoms with Gasteiger partial charge in [0.25, 0.3) is 5.79 Å². The first kappa shape index (κ1) is 28.8. The molecule has 11 atom stereocenters. The fraction of sp³-hybridized carbons (Fsp3) is 0.885. The number of ether oxygens (including phenoxy) is 7. The van der Waals surface area contributed by atoms with Gasteiger partial charge in [-0.2, -0.15) is 0 Å². The maximum absolute atomic E-state index is 13.2. The predicted molar refractivity (Wildman–Crippen MR) is 126 cm³/mol. The molecule has 0 aromatic heterocycles. The first-order chi connectivity index (χ1) is 17.0. The molecular formula is C26H42O10. The molecule has 3 aliphatic heterocycles. The summed E-state index contributed by atoms with van der Waals surface area (Å²) in [6.07, 6.45) is -2.15. The van der Waals surface area contributed by atoms with E-state index in [-0.39, 0.29) is 61.1 Å². The average Bonchev–Trinajstić information content (AvgIpc) is 3.23. The zero-order valence-corrected chi connectivity index (χ0v) is 22.7. The fourth-order valence-electron chi connectivity index (χ4n) is 5.61. The summed E-state index contributed by atoms with van der Waals surface area (Å²) in [5.41, 5.74) is 0. The number of hydrogen-bond acceptors (Lipinski definition) is 10. The molecule has 10 nitrogen and oxygen atoms in total. The summed E-state index contributed by atoms with van der Waals surface area (Å²) in [7, 11) is 2.85. The molecule has 0 aliphatic carbocycles. The van der Waals surface area contributed by atoms with Crippen LogP contribution in [0.25, 0.3) is 0 Å². The maximum atomic E-state index is 13.2. The number of methoxy groups -OCH3 is 2. The molecule has 10 heteroatoms. The van der Waals surface area contributed by atoms with Crippen molar-refractivity contribution in [2.45, 2.75) is 97.3 Å². The van der Waals surface area contributed by atoms with Crippen LogP contribution in [0.2, 0.25) is 0 Å². The zero-order valence-electron chi connectivity index (χ0n) is 22.7. The van der Waals surface area contributed by atoms with Crippen LogP contribution in [0.3, 0.4) is 0 Å². The van der Waals surface area contributed by atoms with Crippen molar-refractivity contribution in [2.75, 3.05) is 20.8 Å². The number of carbonyl (C=O) groups is 3. The van der Waals surface area contributed by atoms with Crippen LogP contribution in [0.1, 0.15) is 60.8 Å². The third kappa shape index (κ3) is 5.71. The van der Waals surface area contributed by atoms with Crippen molar-refractivity contribution >= 4 is 17.9 Å². The van der Waals surface area contributed by atoms with Crippen LogP contribution in [0.4, 0.5) is 0 Å². The lowest BCUT2D eigenvalue weighted by molar-refractivity contribution is -0.328. The van der Waals surface area contributed by atoms with Gasteiger partial charge in [0, 0.05) is 25.9 Å². The van der Waals surface area contributed by atoms with Crippen LogP contribution in [0.5, 0.6) is 0 Å². The predicted octanol–water partition coefficient (Wildman–Crippen LogP) is 2.85. The number of carbonyl (C=O) groups excluding carboxylic acids is 3. The van der Waals surface area contributed by atoms with E-state index in [0.717, 1.165) is 0 Å². The Morgan fingerprint density at radius 2 is 1.83 bits per heavy atom. The van der Waals surface area contributed by atoms with E-state index in [1.165, 1.54) is 14.0 Å². The standard InChI is InChI=1S/C26H42O10/c1-9-13(2)22(33-17(6)27)23-18-10-21(28)34-19(18)11-26(36-23,25(29)31-8)32-12-20-15(4)14(3)16(5)24(30-7)35-20/h13-16,18-20,22-24H,9-12H2,1-8H3/t13-,14+,15-,16?,18-,19-,20?,22-,23?,24-,26?/m1/s1. The monoisotopic (exact) mass is 514 g/mol. The molecule has 0 saturated carbocycles. The van der Waals surface area contributed by atoms with E-state index in [1.807, 2.05) is 13.8 Å². The van der Waals surface area contributed by atoms with E-state index in [9.17, 15) is 14.4 Å². The summed E-state index contributed by atoms with van der Waals surface area (Å²) in [5.74, 6) is -3.36. The summed E-state index contributed by atoms with van der Waals surface area (Å²) in [6.45, 7) is 11.6. The van der Waals surface area contributed by atoms with Crippen LogP contribution in [-0.2, 0) is 47.5 Å². The highest BCUT2D eigenvalue weighted by atomic mass is 16.8. The van der Waals surface area contributed by atoms with E-state index in [2.05, 4.69) is 20.8 Å². The molecule has 3 heterocycles. The van der Waals surface area contributed by atoms with Crippen molar-refractivity contribution in [1.29, 1.82) is 0 Å². The number of rotatable bonds is 9. The minimum atomic E-state index is -1.85. The highest BCUT2D eigenvalue weighted by molar-refractivity contribution is 5.79. The summed E-state index contributed by atoms with van der Waals surface area (Å²) >= 11 is 0. The molecular weight excluding hydrogens is 472 g/mol. The molecule has 4 unspecified atom stereocenters. The molecule has 0 bridgehead atoms. The van der Waals surface area contributed by atoms with Gasteiger partial charge in [0.1, 0.15) is 18.3 Å². The first-order valence-corrected chi connectivity index (χ1v) is 12.9. The molecule has 0 N–H and O–H groups in total. The summed E-state index contributed by atoms with van der Waals surface area (Å²) in [6, 6.07) is 0. The molecule has 0 aromatic rings. The van der Waals surface area contributed by atoms with Gasteiger partial charge in [0.15, 0.2) is 6.29 Å². The number of fused-ring (bicyclic) bond motifs is 1. The highest BCUT2D eigenvalue weighted by Crippen LogP contribution is 2.45. The Bertz CT molecular complexity index is 800. The normalized spacial score (nSPS) is 40.1. The van der Waals surface area contributed by atoms with E-state index in [1.54, 1.807) is 7.11 Å². The maximum Gasteiger partial charge on any atom is 0.366 e. The Morgan fingerprint density at radius 1 is 1.14 bits per heavy atom. The molecule has 0 aromatic carbocycles. The van der Waals surface area contributed by atoms with Crippen molar-refractivity contribution in [3.05, 3.63) is 0 Å². The second-order valence-electron chi connectivity index (χ2n) is 10.6. The summed E-state index contributed by atoms with van der Waals surface area (Å²) in [4.78, 5) is 37.5. The molecule has 3 fully saturated rings. The lowest BCUT2D eigenvalue weighted by Gasteiger charge is -2.47.